The molecule has 0 bridgehead atoms. The lowest BCUT2D eigenvalue weighted by Crippen LogP contribution is -2.46. The lowest BCUT2D eigenvalue weighted by Gasteiger charge is -2.35. The van der Waals surface area contributed by atoms with Crippen molar-refractivity contribution in [3.05, 3.63) is 47.7 Å². The molecule has 3 aromatic heterocycles. The standard InChI is InChI=1S/C23H28N8/c1-17-15-21-24-23(18-7-4-5-8-19(18)31(21)27-17)29-13-11-28(12-14-29)16-22-26-25-20-9-3-2-6-10-30(20)22/h4-5,7-8,15H,2-3,6,9-14,16H2,1H3. The summed E-state index contributed by atoms with van der Waals surface area (Å²) in [5.74, 6) is 3.37. The van der Waals surface area contributed by atoms with Gasteiger partial charge in [-0.15, -0.1) is 10.2 Å². The minimum atomic E-state index is 0.885. The van der Waals surface area contributed by atoms with Crippen molar-refractivity contribution >= 4 is 22.4 Å². The Morgan fingerprint density at radius 3 is 2.71 bits per heavy atom. The Bertz CT molecular complexity index is 1230. The molecular formula is C23H28N8. The number of anilines is 1. The molecule has 1 fully saturated rings. The van der Waals surface area contributed by atoms with E-state index < -0.39 is 0 Å². The number of piperazine rings is 1. The van der Waals surface area contributed by atoms with Gasteiger partial charge in [0.05, 0.1) is 17.8 Å². The van der Waals surface area contributed by atoms with Crippen molar-refractivity contribution in [3.8, 4) is 0 Å². The summed E-state index contributed by atoms with van der Waals surface area (Å²) in [7, 11) is 0. The van der Waals surface area contributed by atoms with Gasteiger partial charge in [0.15, 0.2) is 5.65 Å². The van der Waals surface area contributed by atoms with Crippen LogP contribution in [0.3, 0.4) is 0 Å². The number of para-hydroxylation sites is 1. The van der Waals surface area contributed by atoms with Crippen LogP contribution in [-0.4, -0.2) is 60.4 Å². The van der Waals surface area contributed by atoms with Gasteiger partial charge in [-0.05, 0) is 31.9 Å². The smallest absolute Gasteiger partial charge is 0.158 e. The molecule has 2 aliphatic heterocycles. The van der Waals surface area contributed by atoms with E-state index >= 15 is 0 Å². The van der Waals surface area contributed by atoms with Crippen LogP contribution in [-0.2, 0) is 19.5 Å². The van der Waals surface area contributed by atoms with Gasteiger partial charge in [0.2, 0.25) is 0 Å². The Kier molecular flexibility index (Phi) is 4.60. The lowest BCUT2D eigenvalue weighted by molar-refractivity contribution is 0.240. The van der Waals surface area contributed by atoms with E-state index in [2.05, 4.69) is 60.0 Å². The number of aryl methyl sites for hydroxylation is 2. The average Bonchev–Trinajstić information content (AvgIpc) is 3.27. The maximum Gasteiger partial charge on any atom is 0.158 e. The molecule has 0 N–H and O–H groups in total. The zero-order chi connectivity index (χ0) is 20.8. The molecule has 8 heteroatoms. The topological polar surface area (TPSA) is 67.4 Å². The first-order valence-electron chi connectivity index (χ1n) is 11.4. The minimum Gasteiger partial charge on any atom is -0.353 e. The molecule has 31 heavy (non-hydrogen) atoms. The highest BCUT2D eigenvalue weighted by atomic mass is 15.3. The third-order valence-corrected chi connectivity index (χ3v) is 6.63. The van der Waals surface area contributed by atoms with Crippen molar-refractivity contribution in [2.45, 2.75) is 45.7 Å². The second-order valence-electron chi connectivity index (χ2n) is 8.77. The van der Waals surface area contributed by atoms with Crippen molar-refractivity contribution in [1.82, 2.24) is 34.3 Å². The SMILES string of the molecule is Cc1cc2nc(N3CCN(Cc4nnc5n4CCCCC5)CC3)c3ccccc3n2n1. The van der Waals surface area contributed by atoms with Crippen LogP contribution < -0.4 is 4.90 Å². The van der Waals surface area contributed by atoms with Gasteiger partial charge in [-0.25, -0.2) is 9.50 Å². The molecule has 160 valence electrons. The summed E-state index contributed by atoms with van der Waals surface area (Å²) in [5.41, 5.74) is 3.02. The number of nitrogens with zero attached hydrogens (tertiary/aromatic N) is 8. The van der Waals surface area contributed by atoms with Gasteiger partial charge in [-0.1, -0.05) is 18.6 Å². The second-order valence-corrected chi connectivity index (χ2v) is 8.77. The molecule has 0 amide bonds. The third-order valence-electron chi connectivity index (χ3n) is 6.63. The largest absolute Gasteiger partial charge is 0.353 e. The molecule has 0 spiro atoms. The van der Waals surface area contributed by atoms with Crippen LogP contribution in [0.2, 0.25) is 0 Å². The number of hydrogen-bond acceptors (Lipinski definition) is 6. The average molecular weight is 417 g/mol. The lowest BCUT2D eigenvalue weighted by atomic mass is 10.2. The van der Waals surface area contributed by atoms with Crippen LogP contribution in [0.25, 0.3) is 16.6 Å². The van der Waals surface area contributed by atoms with Gasteiger partial charge in [0, 0.05) is 50.6 Å². The molecule has 0 unspecified atom stereocenters. The predicted octanol–water partition coefficient (Wildman–Crippen LogP) is 2.83. The third kappa shape index (κ3) is 3.35. The van der Waals surface area contributed by atoms with Gasteiger partial charge in [-0.3, -0.25) is 4.90 Å². The molecular weight excluding hydrogens is 388 g/mol. The van der Waals surface area contributed by atoms with Gasteiger partial charge < -0.3 is 9.47 Å². The van der Waals surface area contributed by atoms with E-state index in [9.17, 15) is 0 Å². The Balaban J connectivity index is 1.23. The fraction of sp³-hybridized carbons (Fsp3) is 0.478. The van der Waals surface area contributed by atoms with Crippen LogP contribution in [0.1, 0.15) is 36.6 Å². The molecule has 0 atom stereocenters. The van der Waals surface area contributed by atoms with Crippen LogP contribution in [0, 0.1) is 6.92 Å². The summed E-state index contributed by atoms with van der Waals surface area (Å²) >= 11 is 0. The number of benzene rings is 1. The first kappa shape index (κ1) is 18.7. The van der Waals surface area contributed by atoms with Gasteiger partial charge in [0.1, 0.15) is 17.5 Å². The Morgan fingerprint density at radius 1 is 0.935 bits per heavy atom. The molecule has 6 rings (SSSR count). The molecule has 0 saturated carbocycles. The second kappa shape index (κ2) is 7.60. The summed E-state index contributed by atoms with van der Waals surface area (Å²) < 4.78 is 4.33. The molecule has 1 aromatic carbocycles. The maximum absolute atomic E-state index is 5.00. The van der Waals surface area contributed by atoms with Gasteiger partial charge in [-0.2, -0.15) is 5.10 Å². The van der Waals surface area contributed by atoms with Crippen molar-refractivity contribution in [2.75, 3.05) is 31.1 Å². The number of rotatable bonds is 3. The first-order valence-corrected chi connectivity index (χ1v) is 11.4. The zero-order valence-electron chi connectivity index (χ0n) is 18.0. The predicted molar refractivity (Wildman–Crippen MR) is 120 cm³/mol. The van der Waals surface area contributed by atoms with Crippen molar-refractivity contribution in [3.63, 3.8) is 0 Å². The van der Waals surface area contributed by atoms with Crippen LogP contribution >= 0.6 is 0 Å². The number of hydrogen-bond donors (Lipinski definition) is 0. The Labute approximate surface area is 181 Å². The quantitative estimate of drug-likeness (QED) is 0.512. The maximum atomic E-state index is 5.00. The molecule has 2 aliphatic rings. The van der Waals surface area contributed by atoms with Crippen LogP contribution in [0.4, 0.5) is 5.82 Å². The molecule has 8 nitrogen and oxygen atoms in total. The molecule has 1 saturated heterocycles. The normalized spacial score (nSPS) is 17.9. The van der Waals surface area contributed by atoms with E-state index in [1.807, 2.05) is 11.4 Å². The Morgan fingerprint density at radius 2 is 1.81 bits per heavy atom. The summed E-state index contributed by atoms with van der Waals surface area (Å²) in [4.78, 5) is 9.92. The summed E-state index contributed by atoms with van der Waals surface area (Å²) in [6.07, 6.45) is 4.83. The zero-order valence-corrected chi connectivity index (χ0v) is 18.0. The van der Waals surface area contributed by atoms with E-state index in [1.165, 1.54) is 25.1 Å². The Hall–Kier alpha value is -3.00. The van der Waals surface area contributed by atoms with Crippen molar-refractivity contribution in [2.24, 2.45) is 0 Å². The summed E-state index contributed by atoms with van der Waals surface area (Å²) in [5, 5.41) is 14.8. The molecule has 4 aromatic rings. The summed E-state index contributed by atoms with van der Waals surface area (Å²) in [6.45, 7) is 7.90. The van der Waals surface area contributed by atoms with Gasteiger partial charge in [0.25, 0.3) is 0 Å². The molecule has 0 radical (unpaired) electrons. The molecule has 0 aliphatic carbocycles. The monoisotopic (exact) mass is 416 g/mol. The van der Waals surface area contributed by atoms with Crippen LogP contribution in [0.5, 0.6) is 0 Å². The van der Waals surface area contributed by atoms with E-state index in [-0.39, 0.29) is 0 Å². The first-order chi connectivity index (χ1) is 15.3. The van der Waals surface area contributed by atoms with E-state index in [0.717, 1.165) is 79.6 Å². The highest BCUT2D eigenvalue weighted by Crippen LogP contribution is 2.27. The van der Waals surface area contributed by atoms with E-state index in [4.69, 9.17) is 4.98 Å². The van der Waals surface area contributed by atoms with E-state index in [1.54, 1.807) is 0 Å². The summed E-state index contributed by atoms with van der Waals surface area (Å²) in [6, 6.07) is 10.5. The van der Waals surface area contributed by atoms with Crippen molar-refractivity contribution in [1.29, 1.82) is 0 Å². The van der Waals surface area contributed by atoms with Crippen molar-refractivity contribution < 1.29 is 0 Å². The number of aromatic nitrogens is 6. The minimum absolute atomic E-state index is 0.885. The fourth-order valence-electron chi connectivity index (χ4n) is 4.98. The molecule has 5 heterocycles. The fourth-order valence-corrected chi connectivity index (χ4v) is 4.98. The van der Waals surface area contributed by atoms with Gasteiger partial charge >= 0.3 is 0 Å². The van der Waals surface area contributed by atoms with Crippen LogP contribution in [0.15, 0.2) is 30.3 Å². The number of fused-ring (bicyclic) bond motifs is 4. The highest BCUT2D eigenvalue weighted by molar-refractivity contribution is 5.91. The van der Waals surface area contributed by atoms with E-state index in [0.29, 0.717) is 0 Å². The highest BCUT2D eigenvalue weighted by Gasteiger charge is 2.23.